The third kappa shape index (κ3) is 2.88. The van der Waals surface area contributed by atoms with E-state index >= 15 is 0 Å². The number of nitrogens with zero attached hydrogens (tertiary/aromatic N) is 4. The number of aromatic nitrogens is 3. The first kappa shape index (κ1) is 16.1. The topological polar surface area (TPSA) is 69.5 Å². The molecular weight excluding hydrogens is 332 g/mol. The standard InChI is InChI=1S/C19H18N4O3/c1-13(14-3-6-16(7-4-14)23-11-20-10-21-23)22(2)19(24)15-5-8-17-18(9-15)26-12-25-17/h3-11,13H,12H2,1-2H3/t13-/m0/s1. The van der Waals surface area contributed by atoms with Gasteiger partial charge in [-0.25, -0.2) is 9.67 Å². The van der Waals surface area contributed by atoms with Crippen LogP contribution in [0.2, 0.25) is 0 Å². The summed E-state index contributed by atoms with van der Waals surface area (Å²) in [7, 11) is 1.79. The van der Waals surface area contributed by atoms with Gasteiger partial charge in [0.1, 0.15) is 12.7 Å². The Bertz CT molecular complexity index is 922. The van der Waals surface area contributed by atoms with Crippen LogP contribution in [0, 0.1) is 0 Å². The third-order valence-electron chi connectivity index (χ3n) is 4.58. The van der Waals surface area contributed by atoms with Crippen molar-refractivity contribution in [2.75, 3.05) is 13.8 Å². The average molecular weight is 350 g/mol. The van der Waals surface area contributed by atoms with E-state index in [0.717, 1.165) is 11.3 Å². The lowest BCUT2D eigenvalue weighted by atomic mass is 10.1. The van der Waals surface area contributed by atoms with E-state index in [0.29, 0.717) is 17.1 Å². The average Bonchev–Trinajstić information content (AvgIpc) is 3.37. The molecule has 2 aromatic carbocycles. The summed E-state index contributed by atoms with van der Waals surface area (Å²) in [6.45, 7) is 2.19. The molecule has 3 aromatic rings. The highest BCUT2D eigenvalue weighted by Gasteiger charge is 2.22. The molecule has 0 saturated heterocycles. The Morgan fingerprint density at radius 3 is 2.65 bits per heavy atom. The SMILES string of the molecule is C[C@@H](c1ccc(-n2cncn2)cc1)N(C)C(=O)c1ccc2c(c1)OCO2. The number of rotatable bonds is 4. The Hall–Kier alpha value is -3.35. The molecular formula is C19H18N4O3. The van der Waals surface area contributed by atoms with Crippen molar-refractivity contribution in [1.29, 1.82) is 0 Å². The molecule has 1 amide bonds. The summed E-state index contributed by atoms with van der Waals surface area (Å²) in [5.41, 5.74) is 2.52. The fraction of sp³-hybridized carbons (Fsp3) is 0.211. The molecule has 1 aromatic heterocycles. The molecule has 7 heteroatoms. The van der Waals surface area contributed by atoms with E-state index in [4.69, 9.17) is 9.47 Å². The van der Waals surface area contributed by atoms with Crippen LogP contribution >= 0.6 is 0 Å². The van der Waals surface area contributed by atoms with Crippen LogP contribution in [0.25, 0.3) is 5.69 Å². The van der Waals surface area contributed by atoms with Crippen molar-refractivity contribution in [1.82, 2.24) is 19.7 Å². The molecule has 1 atom stereocenters. The van der Waals surface area contributed by atoms with Gasteiger partial charge in [0, 0.05) is 12.6 Å². The van der Waals surface area contributed by atoms with Crippen molar-refractivity contribution in [2.45, 2.75) is 13.0 Å². The summed E-state index contributed by atoms with van der Waals surface area (Å²) in [6.07, 6.45) is 3.14. The van der Waals surface area contributed by atoms with Crippen LogP contribution in [0.15, 0.2) is 55.1 Å². The van der Waals surface area contributed by atoms with Crippen molar-refractivity contribution >= 4 is 5.91 Å². The highest BCUT2D eigenvalue weighted by Crippen LogP contribution is 2.33. The number of fused-ring (bicyclic) bond motifs is 1. The van der Waals surface area contributed by atoms with Gasteiger partial charge < -0.3 is 14.4 Å². The molecule has 0 aliphatic carbocycles. The smallest absolute Gasteiger partial charge is 0.254 e. The van der Waals surface area contributed by atoms with Crippen molar-refractivity contribution in [3.05, 3.63) is 66.2 Å². The van der Waals surface area contributed by atoms with E-state index in [2.05, 4.69) is 10.1 Å². The molecule has 0 unspecified atom stereocenters. The lowest BCUT2D eigenvalue weighted by molar-refractivity contribution is 0.0742. The second-order valence-corrected chi connectivity index (χ2v) is 6.09. The molecule has 7 nitrogen and oxygen atoms in total. The maximum atomic E-state index is 12.8. The Kier molecular flexibility index (Phi) is 4.04. The van der Waals surface area contributed by atoms with Gasteiger partial charge in [-0.2, -0.15) is 5.10 Å². The number of amides is 1. The first-order valence-corrected chi connectivity index (χ1v) is 8.25. The molecule has 4 rings (SSSR count). The van der Waals surface area contributed by atoms with E-state index in [1.807, 2.05) is 31.2 Å². The number of carbonyl (C=O) groups is 1. The van der Waals surface area contributed by atoms with Crippen molar-refractivity contribution in [2.24, 2.45) is 0 Å². The number of hydrogen-bond donors (Lipinski definition) is 0. The van der Waals surface area contributed by atoms with Crippen molar-refractivity contribution in [3.63, 3.8) is 0 Å². The lowest BCUT2D eigenvalue weighted by Gasteiger charge is -2.25. The molecule has 1 aliphatic heterocycles. The van der Waals surface area contributed by atoms with Gasteiger partial charge in [-0.05, 0) is 42.8 Å². The van der Waals surface area contributed by atoms with Crippen LogP contribution in [-0.2, 0) is 0 Å². The largest absolute Gasteiger partial charge is 0.454 e. The second-order valence-electron chi connectivity index (χ2n) is 6.09. The van der Waals surface area contributed by atoms with Crippen LogP contribution < -0.4 is 9.47 Å². The van der Waals surface area contributed by atoms with E-state index < -0.39 is 0 Å². The summed E-state index contributed by atoms with van der Waals surface area (Å²) < 4.78 is 12.3. The van der Waals surface area contributed by atoms with Crippen LogP contribution in [0.3, 0.4) is 0 Å². The molecule has 2 heterocycles. The molecule has 0 bridgehead atoms. The maximum absolute atomic E-state index is 12.8. The third-order valence-corrected chi connectivity index (χ3v) is 4.58. The van der Waals surface area contributed by atoms with Crippen molar-refractivity contribution in [3.8, 4) is 17.2 Å². The zero-order valence-electron chi connectivity index (χ0n) is 14.5. The summed E-state index contributed by atoms with van der Waals surface area (Å²) in [6, 6.07) is 13.1. The van der Waals surface area contributed by atoms with Gasteiger partial charge in [0.25, 0.3) is 5.91 Å². The quantitative estimate of drug-likeness (QED) is 0.724. The zero-order valence-corrected chi connectivity index (χ0v) is 14.5. The van der Waals surface area contributed by atoms with Gasteiger partial charge in [-0.15, -0.1) is 0 Å². The predicted octanol–water partition coefficient (Wildman–Crippen LogP) is 2.83. The van der Waals surface area contributed by atoms with Gasteiger partial charge in [0.2, 0.25) is 6.79 Å². The second kappa shape index (κ2) is 6.51. The monoisotopic (exact) mass is 350 g/mol. The lowest BCUT2D eigenvalue weighted by Crippen LogP contribution is -2.29. The molecule has 1 aliphatic rings. The van der Waals surface area contributed by atoms with E-state index in [1.54, 1.807) is 41.2 Å². The molecule has 26 heavy (non-hydrogen) atoms. The van der Waals surface area contributed by atoms with E-state index in [-0.39, 0.29) is 18.7 Å². The van der Waals surface area contributed by atoms with Crippen LogP contribution in [-0.4, -0.2) is 39.4 Å². The highest BCUT2D eigenvalue weighted by molar-refractivity contribution is 5.95. The fourth-order valence-corrected chi connectivity index (χ4v) is 2.88. The first-order valence-electron chi connectivity index (χ1n) is 8.25. The Balaban J connectivity index is 1.52. The zero-order chi connectivity index (χ0) is 18.1. The Morgan fingerprint density at radius 2 is 1.92 bits per heavy atom. The predicted molar refractivity (Wildman–Crippen MR) is 94.4 cm³/mol. The molecule has 0 saturated carbocycles. The van der Waals surface area contributed by atoms with E-state index in [1.165, 1.54) is 6.33 Å². The summed E-state index contributed by atoms with van der Waals surface area (Å²) >= 11 is 0. The number of benzene rings is 2. The Morgan fingerprint density at radius 1 is 1.15 bits per heavy atom. The highest BCUT2D eigenvalue weighted by atomic mass is 16.7. The minimum absolute atomic E-state index is 0.0730. The van der Waals surface area contributed by atoms with Crippen molar-refractivity contribution < 1.29 is 14.3 Å². The molecule has 0 N–H and O–H groups in total. The molecule has 132 valence electrons. The molecule has 0 fully saturated rings. The summed E-state index contributed by atoms with van der Waals surface area (Å²) in [5, 5.41) is 4.11. The normalized spacial score (nSPS) is 13.5. The van der Waals surface area contributed by atoms with Gasteiger partial charge in [0.05, 0.1) is 11.7 Å². The number of carbonyl (C=O) groups excluding carboxylic acids is 1. The fourth-order valence-electron chi connectivity index (χ4n) is 2.88. The molecule has 0 radical (unpaired) electrons. The van der Waals surface area contributed by atoms with Gasteiger partial charge in [-0.1, -0.05) is 12.1 Å². The summed E-state index contributed by atoms with van der Waals surface area (Å²) in [5.74, 6) is 1.20. The van der Waals surface area contributed by atoms with Crippen LogP contribution in [0.1, 0.15) is 28.9 Å². The summed E-state index contributed by atoms with van der Waals surface area (Å²) in [4.78, 5) is 18.5. The number of hydrogen-bond acceptors (Lipinski definition) is 5. The first-order chi connectivity index (χ1) is 12.6. The minimum Gasteiger partial charge on any atom is -0.454 e. The van der Waals surface area contributed by atoms with E-state index in [9.17, 15) is 4.79 Å². The van der Waals surface area contributed by atoms with Gasteiger partial charge in [0.15, 0.2) is 11.5 Å². The van der Waals surface area contributed by atoms with Crippen LogP contribution in [0.4, 0.5) is 0 Å². The number of ether oxygens (including phenoxy) is 2. The van der Waals surface area contributed by atoms with Gasteiger partial charge in [-0.3, -0.25) is 4.79 Å². The van der Waals surface area contributed by atoms with Gasteiger partial charge >= 0.3 is 0 Å². The molecule has 0 spiro atoms. The Labute approximate surface area is 150 Å². The van der Waals surface area contributed by atoms with Crippen LogP contribution in [0.5, 0.6) is 11.5 Å². The minimum atomic E-state index is -0.0854. The maximum Gasteiger partial charge on any atom is 0.254 e.